The van der Waals surface area contributed by atoms with Crippen LogP contribution in [-0.4, -0.2) is 18.0 Å². The lowest BCUT2D eigenvalue weighted by Crippen LogP contribution is -2.39. The van der Waals surface area contributed by atoms with Gasteiger partial charge in [-0.25, -0.2) is 9.18 Å². The summed E-state index contributed by atoms with van der Waals surface area (Å²) in [5.74, 6) is -2.08. The lowest BCUT2D eigenvalue weighted by atomic mass is 9.87. The van der Waals surface area contributed by atoms with Gasteiger partial charge in [-0.15, -0.1) is 0 Å². The Morgan fingerprint density at radius 3 is 2.85 bits per heavy atom. The van der Waals surface area contributed by atoms with Crippen molar-refractivity contribution in [3.05, 3.63) is 70.0 Å². The zero-order valence-corrected chi connectivity index (χ0v) is 15.1. The van der Waals surface area contributed by atoms with E-state index in [1.165, 1.54) is 24.6 Å². The van der Waals surface area contributed by atoms with Gasteiger partial charge in [0.25, 0.3) is 5.91 Å². The van der Waals surface area contributed by atoms with Crippen LogP contribution < -0.4 is 5.32 Å². The van der Waals surface area contributed by atoms with Gasteiger partial charge in [-0.2, -0.15) is 0 Å². The molecule has 1 amide bonds. The predicted octanol–water partition coefficient (Wildman–Crippen LogP) is 4.22. The topological polar surface area (TPSA) is 55.4 Å². The number of esters is 1. The van der Waals surface area contributed by atoms with E-state index < -0.39 is 23.8 Å². The standard InChI is InChI=1S/C20H19ClFNO3/c1-12(26-20(25)16-11-14(21)9-10-17(16)22)19(24)23-18-8-4-6-13-5-2-3-7-15(13)18/h2-3,5,7,9-12,18H,4,6,8H2,1H3,(H,23,24)/t12-,18-/m0/s1. The van der Waals surface area contributed by atoms with Gasteiger partial charge >= 0.3 is 5.97 Å². The van der Waals surface area contributed by atoms with E-state index in [4.69, 9.17) is 16.3 Å². The highest BCUT2D eigenvalue weighted by Gasteiger charge is 2.26. The Bertz CT molecular complexity index is 840. The van der Waals surface area contributed by atoms with E-state index in [9.17, 15) is 14.0 Å². The van der Waals surface area contributed by atoms with Gasteiger partial charge in [0.1, 0.15) is 5.82 Å². The van der Waals surface area contributed by atoms with Gasteiger partial charge in [-0.05, 0) is 55.5 Å². The van der Waals surface area contributed by atoms with Crippen molar-refractivity contribution in [2.24, 2.45) is 0 Å². The summed E-state index contributed by atoms with van der Waals surface area (Å²) in [6, 6.07) is 11.5. The molecule has 2 aromatic carbocycles. The molecule has 6 heteroatoms. The van der Waals surface area contributed by atoms with E-state index in [-0.39, 0.29) is 16.6 Å². The summed E-state index contributed by atoms with van der Waals surface area (Å²) < 4.78 is 18.9. The van der Waals surface area contributed by atoms with Crippen molar-refractivity contribution in [3.8, 4) is 0 Å². The highest BCUT2D eigenvalue weighted by Crippen LogP contribution is 2.29. The minimum atomic E-state index is -1.05. The smallest absolute Gasteiger partial charge is 0.341 e. The average Bonchev–Trinajstić information content (AvgIpc) is 2.63. The molecule has 4 nitrogen and oxygen atoms in total. The maximum absolute atomic E-state index is 13.7. The van der Waals surface area contributed by atoms with Crippen LogP contribution in [0.15, 0.2) is 42.5 Å². The van der Waals surface area contributed by atoms with Crippen molar-refractivity contribution in [2.45, 2.75) is 38.3 Å². The Kier molecular flexibility index (Phi) is 5.57. The molecule has 0 unspecified atom stereocenters. The third-order valence-corrected chi connectivity index (χ3v) is 4.72. The van der Waals surface area contributed by atoms with E-state index in [1.54, 1.807) is 0 Å². The maximum atomic E-state index is 13.7. The molecule has 0 aromatic heterocycles. The Hall–Kier alpha value is -2.40. The lowest BCUT2D eigenvalue weighted by Gasteiger charge is -2.27. The molecule has 0 heterocycles. The lowest BCUT2D eigenvalue weighted by molar-refractivity contribution is -0.130. The van der Waals surface area contributed by atoms with Crippen LogP contribution in [0.5, 0.6) is 0 Å². The maximum Gasteiger partial charge on any atom is 0.341 e. The molecule has 2 atom stereocenters. The Morgan fingerprint density at radius 2 is 2.04 bits per heavy atom. The summed E-state index contributed by atoms with van der Waals surface area (Å²) in [6.07, 6.45) is 1.74. The van der Waals surface area contributed by atoms with Crippen LogP contribution in [0.25, 0.3) is 0 Å². The number of fused-ring (bicyclic) bond motifs is 1. The van der Waals surface area contributed by atoms with E-state index >= 15 is 0 Å². The monoisotopic (exact) mass is 375 g/mol. The normalized spacial score (nSPS) is 17.1. The molecule has 0 bridgehead atoms. The van der Waals surface area contributed by atoms with E-state index in [1.807, 2.05) is 18.2 Å². The summed E-state index contributed by atoms with van der Waals surface area (Å²) in [6.45, 7) is 1.46. The molecule has 26 heavy (non-hydrogen) atoms. The van der Waals surface area contributed by atoms with E-state index in [2.05, 4.69) is 11.4 Å². The van der Waals surface area contributed by atoms with Crippen molar-refractivity contribution in [1.29, 1.82) is 0 Å². The number of hydrogen-bond donors (Lipinski definition) is 1. The minimum Gasteiger partial charge on any atom is -0.449 e. The summed E-state index contributed by atoms with van der Waals surface area (Å²) in [5.41, 5.74) is 2.02. The van der Waals surface area contributed by atoms with Gasteiger partial charge in [-0.3, -0.25) is 4.79 Å². The molecule has 0 fully saturated rings. The molecule has 0 spiro atoms. The van der Waals surface area contributed by atoms with Crippen molar-refractivity contribution in [1.82, 2.24) is 5.32 Å². The molecule has 2 aromatic rings. The number of benzene rings is 2. The number of nitrogens with one attached hydrogen (secondary N) is 1. The molecular formula is C20H19ClFNO3. The second-order valence-corrected chi connectivity index (χ2v) is 6.76. The second-order valence-electron chi connectivity index (χ2n) is 6.32. The van der Waals surface area contributed by atoms with Crippen LogP contribution in [0.4, 0.5) is 4.39 Å². The number of rotatable bonds is 4. The number of carbonyl (C=O) groups excluding carboxylic acids is 2. The second kappa shape index (κ2) is 7.87. The summed E-state index contributed by atoms with van der Waals surface area (Å²) >= 11 is 5.78. The molecule has 136 valence electrons. The van der Waals surface area contributed by atoms with Gasteiger partial charge in [0.05, 0.1) is 11.6 Å². The van der Waals surface area contributed by atoms with Crippen molar-refractivity contribution >= 4 is 23.5 Å². The Morgan fingerprint density at radius 1 is 1.27 bits per heavy atom. The van der Waals surface area contributed by atoms with E-state index in [0.29, 0.717) is 0 Å². The van der Waals surface area contributed by atoms with Gasteiger partial charge < -0.3 is 10.1 Å². The van der Waals surface area contributed by atoms with Crippen molar-refractivity contribution in [2.75, 3.05) is 0 Å². The highest BCUT2D eigenvalue weighted by molar-refractivity contribution is 6.30. The van der Waals surface area contributed by atoms with Crippen LogP contribution in [-0.2, 0) is 16.0 Å². The number of ether oxygens (including phenoxy) is 1. The molecular weight excluding hydrogens is 357 g/mol. The summed E-state index contributed by atoms with van der Waals surface area (Å²) in [4.78, 5) is 24.6. The molecule has 1 aliphatic rings. The van der Waals surface area contributed by atoms with Crippen LogP contribution in [0.2, 0.25) is 5.02 Å². The van der Waals surface area contributed by atoms with Crippen molar-refractivity contribution < 1.29 is 18.7 Å². The van der Waals surface area contributed by atoms with Gasteiger partial charge in [0.15, 0.2) is 6.10 Å². The van der Waals surface area contributed by atoms with Gasteiger partial charge in [0.2, 0.25) is 0 Å². The zero-order valence-electron chi connectivity index (χ0n) is 14.3. The SMILES string of the molecule is C[C@H](OC(=O)c1cc(Cl)ccc1F)C(=O)N[C@H]1CCCc2ccccc21. The van der Waals surface area contributed by atoms with E-state index in [0.717, 1.165) is 30.9 Å². The first-order valence-electron chi connectivity index (χ1n) is 8.50. The highest BCUT2D eigenvalue weighted by atomic mass is 35.5. The first-order valence-corrected chi connectivity index (χ1v) is 8.87. The zero-order chi connectivity index (χ0) is 18.7. The molecule has 0 saturated carbocycles. The molecule has 3 rings (SSSR count). The number of hydrogen-bond acceptors (Lipinski definition) is 3. The fourth-order valence-corrected chi connectivity index (χ4v) is 3.30. The number of carbonyl (C=O) groups is 2. The number of halogens is 2. The predicted molar refractivity (Wildman–Crippen MR) is 96.6 cm³/mol. The van der Waals surface area contributed by atoms with Gasteiger partial charge in [0, 0.05) is 5.02 Å². The summed E-state index contributed by atoms with van der Waals surface area (Å²) in [5, 5.41) is 3.14. The Labute approximate surface area is 156 Å². The molecule has 1 aliphatic carbocycles. The molecule has 0 saturated heterocycles. The minimum absolute atomic E-state index is 0.114. The first-order chi connectivity index (χ1) is 12.5. The third-order valence-electron chi connectivity index (χ3n) is 4.49. The van der Waals surface area contributed by atoms with Crippen LogP contribution in [0, 0.1) is 5.82 Å². The fraction of sp³-hybridized carbons (Fsp3) is 0.300. The van der Waals surface area contributed by atoms with Crippen LogP contribution in [0.1, 0.15) is 47.3 Å². The Balaban J connectivity index is 1.65. The van der Waals surface area contributed by atoms with Crippen LogP contribution >= 0.6 is 11.6 Å². The average molecular weight is 376 g/mol. The largest absolute Gasteiger partial charge is 0.449 e. The van der Waals surface area contributed by atoms with Crippen LogP contribution in [0.3, 0.4) is 0 Å². The quantitative estimate of drug-likeness (QED) is 0.814. The fourth-order valence-electron chi connectivity index (χ4n) is 3.12. The molecule has 1 N–H and O–H groups in total. The third kappa shape index (κ3) is 4.05. The molecule has 0 aliphatic heterocycles. The van der Waals surface area contributed by atoms with Crippen molar-refractivity contribution in [3.63, 3.8) is 0 Å². The number of amides is 1. The first kappa shape index (κ1) is 18.4. The van der Waals surface area contributed by atoms with Gasteiger partial charge in [-0.1, -0.05) is 35.9 Å². The number of aryl methyl sites for hydroxylation is 1. The molecule has 0 radical (unpaired) electrons. The summed E-state index contributed by atoms with van der Waals surface area (Å²) in [7, 11) is 0.